The monoisotopic (exact) mass is 254 g/mol. The van der Waals surface area contributed by atoms with Gasteiger partial charge in [0, 0.05) is 5.69 Å². The Kier molecular flexibility index (Phi) is 4.72. The number of hydrogen-bond acceptors (Lipinski definition) is 4. The lowest BCUT2D eigenvalue weighted by molar-refractivity contribution is -0.142. The Morgan fingerprint density at radius 1 is 1.61 bits per heavy atom. The van der Waals surface area contributed by atoms with Crippen molar-refractivity contribution >= 4 is 5.97 Å². The lowest BCUT2D eigenvalue weighted by atomic mass is 10.0. The third kappa shape index (κ3) is 3.23. The molecule has 0 N–H and O–H groups in total. The van der Waals surface area contributed by atoms with Crippen LogP contribution in [0.1, 0.15) is 35.9 Å². The Morgan fingerprint density at radius 2 is 2.28 bits per heavy atom. The molecule has 0 saturated carbocycles. The summed E-state index contributed by atoms with van der Waals surface area (Å²) in [6.45, 7) is 3.38. The van der Waals surface area contributed by atoms with Gasteiger partial charge in [-0.3, -0.25) is 4.79 Å². The van der Waals surface area contributed by atoms with Crippen molar-refractivity contribution in [2.24, 2.45) is 0 Å². The van der Waals surface area contributed by atoms with E-state index in [1.807, 2.05) is 0 Å². The Labute approximate surface area is 103 Å². The lowest BCUT2D eigenvalue weighted by Crippen LogP contribution is -2.11. The van der Waals surface area contributed by atoms with Gasteiger partial charge >= 0.3 is 5.97 Å². The maximum absolute atomic E-state index is 12.9. The molecule has 0 amide bonds. The Hall–Kier alpha value is -2.03. The van der Waals surface area contributed by atoms with Gasteiger partial charge < -0.3 is 4.74 Å². The van der Waals surface area contributed by atoms with Crippen molar-refractivity contribution in [2.45, 2.75) is 26.7 Å². The molecule has 0 bridgehead atoms. The van der Waals surface area contributed by atoms with E-state index in [1.165, 1.54) is 6.07 Å². The minimum atomic E-state index is -2.85. The minimum absolute atomic E-state index is 0.0903. The average molecular weight is 254 g/mol. The second-order valence-electron chi connectivity index (χ2n) is 3.58. The van der Waals surface area contributed by atoms with E-state index in [-0.39, 0.29) is 24.3 Å². The number of hydrogen-bond donors (Lipinski definition) is 0. The number of rotatable bonds is 4. The van der Waals surface area contributed by atoms with Gasteiger partial charge in [0.2, 0.25) is 0 Å². The average Bonchev–Trinajstić information content (AvgIpc) is 2.27. The summed E-state index contributed by atoms with van der Waals surface area (Å²) in [4.78, 5) is 15.1. The van der Waals surface area contributed by atoms with Gasteiger partial charge in [-0.25, -0.2) is 13.8 Å². The molecule has 0 spiro atoms. The van der Waals surface area contributed by atoms with Crippen LogP contribution >= 0.6 is 0 Å². The summed E-state index contributed by atoms with van der Waals surface area (Å²) in [6.07, 6.45) is -3.14. The zero-order chi connectivity index (χ0) is 13.7. The molecule has 1 aromatic heterocycles. The normalized spacial score (nSPS) is 10.2. The molecule has 0 radical (unpaired) electrons. The highest BCUT2D eigenvalue weighted by molar-refractivity contribution is 5.73. The number of aryl methyl sites for hydroxylation is 1. The van der Waals surface area contributed by atoms with E-state index in [0.717, 1.165) is 0 Å². The van der Waals surface area contributed by atoms with Crippen LogP contribution in [0, 0.1) is 18.3 Å². The Morgan fingerprint density at radius 3 is 2.78 bits per heavy atom. The number of nitriles is 1. The topological polar surface area (TPSA) is 63.0 Å². The fourth-order valence-corrected chi connectivity index (χ4v) is 1.59. The summed E-state index contributed by atoms with van der Waals surface area (Å²) in [5.74, 6) is -0.603. The summed E-state index contributed by atoms with van der Waals surface area (Å²) in [6, 6.07) is 2.99. The number of halogens is 2. The maximum atomic E-state index is 12.9. The van der Waals surface area contributed by atoms with E-state index in [1.54, 1.807) is 19.9 Å². The van der Waals surface area contributed by atoms with Crippen LogP contribution < -0.4 is 0 Å². The third-order valence-electron chi connectivity index (χ3n) is 2.24. The highest BCUT2D eigenvalue weighted by Crippen LogP contribution is 2.26. The number of aromatic nitrogens is 1. The van der Waals surface area contributed by atoms with E-state index in [2.05, 4.69) is 4.98 Å². The van der Waals surface area contributed by atoms with Crippen LogP contribution in [0.5, 0.6) is 0 Å². The van der Waals surface area contributed by atoms with Crippen LogP contribution in [-0.2, 0) is 16.0 Å². The first-order valence-electron chi connectivity index (χ1n) is 5.33. The molecule has 96 valence electrons. The summed E-state index contributed by atoms with van der Waals surface area (Å²) in [7, 11) is 0. The van der Waals surface area contributed by atoms with Gasteiger partial charge in [-0.1, -0.05) is 0 Å². The van der Waals surface area contributed by atoms with Crippen molar-refractivity contribution in [1.82, 2.24) is 4.98 Å². The number of alkyl halides is 2. The maximum Gasteiger partial charge on any atom is 0.310 e. The predicted molar refractivity (Wildman–Crippen MR) is 59.0 cm³/mol. The summed E-state index contributed by atoms with van der Waals surface area (Å²) in [5, 5.41) is 8.79. The molecule has 18 heavy (non-hydrogen) atoms. The summed E-state index contributed by atoms with van der Waals surface area (Å²) < 4.78 is 30.5. The van der Waals surface area contributed by atoms with Crippen LogP contribution in [0.25, 0.3) is 0 Å². The van der Waals surface area contributed by atoms with Crippen molar-refractivity contribution in [2.75, 3.05) is 6.61 Å². The second kappa shape index (κ2) is 6.05. The highest BCUT2D eigenvalue weighted by atomic mass is 19.3. The minimum Gasteiger partial charge on any atom is -0.466 e. The molecule has 6 heteroatoms. The van der Waals surface area contributed by atoms with Gasteiger partial charge in [0.15, 0.2) is 0 Å². The number of esters is 1. The van der Waals surface area contributed by atoms with E-state index >= 15 is 0 Å². The molecule has 0 unspecified atom stereocenters. The zero-order valence-electron chi connectivity index (χ0n) is 10.0. The molecular weight excluding hydrogens is 242 g/mol. The number of ether oxygens (including phenoxy) is 1. The molecule has 0 aliphatic carbocycles. The number of carbonyl (C=O) groups excluding carboxylic acids is 1. The molecule has 4 nitrogen and oxygen atoms in total. The van der Waals surface area contributed by atoms with E-state index < -0.39 is 18.0 Å². The molecule has 1 rings (SSSR count). The molecule has 0 fully saturated rings. The van der Waals surface area contributed by atoms with Crippen molar-refractivity contribution in [1.29, 1.82) is 5.26 Å². The van der Waals surface area contributed by atoms with Gasteiger partial charge in [0.1, 0.15) is 11.8 Å². The Bertz CT molecular complexity index is 496. The van der Waals surface area contributed by atoms with Crippen LogP contribution in [0.4, 0.5) is 8.78 Å². The van der Waals surface area contributed by atoms with Gasteiger partial charge in [-0.15, -0.1) is 0 Å². The molecule has 0 atom stereocenters. The SMILES string of the molecule is CCOC(=O)Cc1cc(C)nc(C#N)c1C(F)F. The first-order valence-corrected chi connectivity index (χ1v) is 5.33. The molecule has 0 aliphatic rings. The first-order chi connectivity index (χ1) is 8.49. The summed E-state index contributed by atoms with van der Waals surface area (Å²) in [5.41, 5.74) is -0.330. The van der Waals surface area contributed by atoms with Crippen molar-refractivity contribution in [3.05, 3.63) is 28.6 Å². The largest absolute Gasteiger partial charge is 0.466 e. The van der Waals surface area contributed by atoms with Gasteiger partial charge in [-0.05, 0) is 25.5 Å². The fourth-order valence-electron chi connectivity index (χ4n) is 1.59. The second-order valence-corrected chi connectivity index (χ2v) is 3.58. The molecule has 0 aliphatic heterocycles. The van der Waals surface area contributed by atoms with Crippen LogP contribution in [0.15, 0.2) is 6.07 Å². The van der Waals surface area contributed by atoms with Crippen molar-refractivity contribution < 1.29 is 18.3 Å². The van der Waals surface area contributed by atoms with Crippen molar-refractivity contribution in [3.8, 4) is 6.07 Å². The predicted octanol–water partition coefficient (Wildman–Crippen LogP) is 2.30. The van der Waals surface area contributed by atoms with Crippen molar-refractivity contribution in [3.63, 3.8) is 0 Å². The van der Waals surface area contributed by atoms with E-state index in [9.17, 15) is 13.6 Å². The first kappa shape index (κ1) is 14.0. The highest BCUT2D eigenvalue weighted by Gasteiger charge is 2.21. The van der Waals surface area contributed by atoms with Crippen LogP contribution in [-0.4, -0.2) is 17.6 Å². The lowest BCUT2D eigenvalue weighted by Gasteiger charge is -2.10. The molecule has 0 saturated heterocycles. The summed E-state index contributed by atoms with van der Waals surface area (Å²) >= 11 is 0. The molecule has 0 aromatic carbocycles. The van der Waals surface area contributed by atoms with Crippen LogP contribution in [0.3, 0.4) is 0 Å². The smallest absolute Gasteiger partial charge is 0.310 e. The molecular formula is C12H12F2N2O2. The Balaban J connectivity index is 3.20. The van der Waals surface area contributed by atoms with Gasteiger partial charge in [-0.2, -0.15) is 5.26 Å². The number of pyridine rings is 1. The van der Waals surface area contributed by atoms with E-state index in [0.29, 0.717) is 5.69 Å². The third-order valence-corrected chi connectivity index (χ3v) is 2.24. The number of carbonyl (C=O) groups is 1. The molecule has 1 heterocycles. The van der Waals surface area contributed by atoms with Gasteiger partial charge in [0.05, 0.1) is 18.6 Å². The standard InChI is InChI=1S/C12H12F2N2O2/c1-3-18-10(17)5-8-4-7(2)16-9(6-15)11(8)12(13)14/h4,12H,3,5H2,1-2H3. The zero-order valence-corrected chi connectivity index (χ0v) is 10.0. The fraction of sp³-hybridized carbons (Fsp3) is 0.417. The molecule has 1 aromatic rings. The van der Waals surface area contributed by atoms with Crippen LogP contribution in [0.2, 0.25) is 0 Å². The quantitative estimate of drug-likeness (QED) is 0.773. The van der Waals surface area contributed by atoms with E-state index in [4.69, 9.17) is 10.00 Å². The number of nitrogens with zero attached hydrogens (tertiary/aromatic N) is 2. The van der Waals surface area contributed by atoms with Gasteiger partial charge in [0.25, 0.3) is 6.43 Å².